The van der Waals surface area contributed by atoms with E-state index in [0.29, 0.717) is 11.6 Å². The second-order valence-corrected chi connectivity index (χ2v) is 8.47. The maximum atomic E-state index is 5.82. The fourth-order valence-corrected chi connectivity index (χ4v) is 4.95. The van der Waals surface area contributed by atoms with Crippen molar-refractivity contribution in [1.82, 2.24) is 19.6 Å². The molecule has 0 bridgehead atoms. The van der Waals surface area contributed by atoms with Gasteiger partial charge in [0.2, 0.25) is 0 Å². The van der Waals surface area contributed by atoms with Crippen LogP contribution in [-0.4, -0.2) is 64.0 Å². The van der Waals surface area contributed by atoms with Crippen molar-refractivity contribution in [3.05, 3.63) is 18.0 Å². The number of piperidine rings is 1. The lowest BCUT2D eigenvalue weighted by atomic mass is 9.84. The molecule has 1 spiro atoms. The van der Waals surface area contributed by atoms with E-state index in [2.05, 4.69) is 28.0 Å². The van der Waals surface area contributed by atoms with Crippen molar-refractivity contribution >= 4 is 0 Å². The number of nitrogens with zero attached hydrogens (tertiary/aromatic N) is 4. The Morgan fingerprint density at radius 1 is 1.20 bits per heavy atom. The molecule has 2 saturated heterocycles. The van der Waals surface area contributed by atoms with Gasteiger partial charge >= 0.3 is 0 Å². The Bertz CT molecular complexity index is 560. The molecule has 5 nitrogen and oxygen atoms in total. The van der Waals surface area contributed by atoms with Crippen molar-refractivity contribution in [3.8, 4) is 0 Å². The van der Waals surface area contributed by atoms with Gasteiger partial charge in [-0.1, -0.05) is 0 Å². The number of likely N-dealkylation sites (tertiary alicyclic amines) is 2. The van der Waals surface area contributed by atoms with Crippen molar-refractivity contribution in [2.45, 2.75) is 63.6 Å². The summed E-state index contributed by atoms with van der Waals surface area (Å²) >= 11 is 0. The Morgan fingerprint density at radius 2 is 2.00 bits per heavy atom. The van der Waals surface area contributed by atoms with Gasteiger partial charge in [0.15, 0.2) is 0 Å². The molecule has 3 aliphatic rings. The number of aryl methyl sites for hydroxylation is 1. The summed E-state index contributed by atoms with van der Waals surface area (Å²) in [5.41, 5.74) is 1.80. The molecule has 1 aromatic heterocycles. The minimum atomic E-state index is 0.454. The third-order valence-corrected chi connectivity index (χ3v) is 6.61. The van der Waals surface area contributed by atoms with E-state index in [-0.39, 0.29) is 0 Å². The molecule has 0 amide bonds. The van der Waals surface area contributed by atoms with Crippen LogP contribution in [0.5, 0.6) is 0 Å². The van der Waals surface area contributed by atoms with Gasteiger partial charge in [0.25, 0.3) is 0 Å². The van der Waals surface area contributed by atoms with Crippen LogP contribution in [0.25, 0.3) is 0 Å². The first-order valence-corrected chi connectivity index (χ1v) is 10.2. The van der Waals surface area contributed by atoms with Crippen molar-refractivity contribution in [3.63, 3.8) is 0 Å². The smallest absolute Gasteiger partial charge is 0.0621 e. The van der Waals surface area contributed by atoms with Crippen molar-refractivity contribution < 1.29 is 4.74 Å². The van der Waals surface area contributed by atoms with E-state index in [1.54, 1.807) is 0 Å². The van der Waals surface area contributed by atoms with Gasteiger partial charge in [-0.25, -0.2) is 0 Å². The summed E-state index contributed by atoms with van der Waals surface area (Å²) in [5, 5.41) is 4.31. The number of hydrogen-bond donors (Lipinski definition) is 0. The number of ether oxygens (including phenoxy) is 1. The Kier molecular flexibility index (Phi) is 5.16. The van der Waals surface area contributed by atoms with Crippen LogP contribution in [0.15, 0.2) is 12.4 Å². The largest absolute Gasteiger partial charge is 0.380 e. The molecule has 0 aromatic carbocycles. The highest BCUT2D eigenvalue weighted by molar-refractivity contribution is 5.07. The van der Waals surface area contributed by atoms with Crippen LogP contribution in [0.4, 0.5) is 0 Å². The Morgan fingerprint density at radius 3 is 2.64 bits per heavy atom. The van der Waals surface area contributed by atoms with Crippen molar-refractivity contribution in [2.24, 2.45) is 13.0 Å². The van der Waals surface area contributed by atoms with Gasteiger partial charge in [0, 0.05) is 63.2 Å². The Labute approximate surface area is 152 Å². The van der Waals surface area contributed by atoms with Crippen LogP contribution >= 0.6 is 0 Å². The van der Waals surface area contributed by atoms with E-state index in [1.165, 1.54) is 63.7 Å². The van der Waals surface area contributed by atoms with E-state index in [9.17, 15) is 0 Å². The lowest BCUT2D eigenvalue weighted by molar-refractivity contribution is 0.000369. The number of rotatable bonds is 7. The summed E-state index contributed by atoms with van der Waals surface area (Å²) in [6.07, 6.45) is 12.4. The monoisotopic (exact) mass is 346 g/mol. The van der Waals surface area contributed by atoms with Crippen molar-refractivity contribution in [1.29, 1.82) is 0 Å². The molecule has 1 atom stereocenters. The normalized spacial score (nSPS) is 27.4. The van der Waals surface area contributed by atoms with Gasteiger partial charge in [-0.2, -0.15) is 5.10 Å². The molecule has 5 heteroatoms. The lowest BCUT2D eigenvalue weighted by Gasteiger charge is -2.47. The molecular formula is C20H34N4O. The fraction of sp³-hybridized carbons (Fsp3) is 0.850. The minimum absolute atomic E-state index is 0.454. The molecule has 140 valence electrons. The van der Waals surface area contributed by atoms with Gasteiger partial charge in [0.05, 0.1) is 12.8 Å². The Balaban J connectivity index is 1.37. The van der Waals surface area contributed by atoms with Crippen LogP contribution in [-0.2, 0) is 18.3 Å². The first kappa shape index (κ1) is 17.5. The topological polar surface area (TPSA) is 33.5 Å². The predicted octanol–water partition coefficient (Wildman–Crippen LogP) is 2.67. The highest BCUT2D eigenvalue weighted by Crippen LogP contribution is 2.44. The summed E-state index contributed by atoms with van der Waals surface area (Å²) < 4.78 is 7.73. The summed E-state index contributed by atoms with van der Waals surface area (Å²) in [4.78, 5) is 5.51. The molecule has 0 radical (unpaired) electrons. The van der Waals surface area contributed by atoms with E-state index in [0.717, 1.165) is 25.7 Å². The molecular weight excluding hydrogens is 312 g/mol. The molecule has 1 aromatic rings. The number of aromatic nitrogens is 2. The quantitative estimate of drug-likeness (QED) is 0.760. The SMILES string of the molecule is CCOCC1CCC2(CCN(Cc3cnn(C)c3)CC2)N1CC1CC1. The van der Waals surface area contributed by atoms with Crippen LogP contribution in [0, 0.1) is 5.92 Å². The molecule has 3 fully saturated rings. The van der Waals surface area contributed by atoms with Gasteiger partial charge in [0.1, 0.15) is 0 Å². The molecule has 1 aliphatic carbocycles. The third-order valence-electron chi connectivity index (χ3n) is 6.61. The van der Waals surface area contributed by atoms with Gasteiger partial charge in [-0.15, -0.1) is 0 Å². The van der Waals surface area contributed by atoms with Crippen LogP contribution in [0.1, 0.15) is 51.0 Å². The molecule has 1 unspecified atom stereocenters. The van der Waals surface area contributed by atoms with E-state index >= 15 is 0 Å². The second kappa shape index (κ2) is 7.37. The van der Waals surface area contributed by atoms with Crippen LogP contribution in [0.2, 0.25) is 0 Å². The first-order chi connectivity index (χ1) is 12.2. The minimum Gasteiger partial charge on any atom is -0.380 e. The lowest BCUT2D eigenvalue weighted by Crippen LogP contribution is -2.55. The number of hydrogen-bond acceptors (Lipinski definition) is 4. The molecule has 3 heterocycles. The fourth-order valence-electron chi connectivity index (χ4n) is 4.95. The average molecular weight is 347 g/mol. The highest BCUT2D eigenvalue weighted by atomic mass is 16.5. The Hall–Kier alpha value is -0.910. The van der Waals surface area contributed by atoms with Gasteiger partial charge in [-0.05, 0) is 51.4 Å². The van der Waals surface area contributed by atoms with Gasteiger partial charge in [-0.3, -0.25) is 14.5 Å². The van der Waals surface area contributed by atoms with Crippen molar-refractivity contribution in [2.75, 3.05) is 32.8 Å². The molecule has 4 rings (SSSR count). The zero-order valence-electron chi connectivity index (χ0n) is 16.0. The standard InChI is InChI=1S/C20H34N4O/c1-3-25-16-19-6-7-20(24(19)15-17-4-5-17)8-10-23(11-9-20)14-18-12-21-22(2)13-18/h12-13,17,19H,3-11,14-16H2,1-2H3. The van der Waals surface area contributed by atoms with Crippen LogP contribution < -0.4 is 0 Å². The molecule has 2 aliphatic heterocycles. The summed E-state index contributed by atoms with van der Waals surface area (Å²) in [6.45, 7) is 8.71. The van der Waals surface area contributed by atoms with E-state index < -0.39 is 0 Å². The van der Waals surface area contributed by atoms with E-state index in [1.807, 2.05) is 17.9 Å². The maximum Gasteiger partial charge on any atom is 0.0621 e. The summed E-state index contributed by atoms with van der Waals surface area (Å²) in [5.74, 6) is 0.965. The average Bonchev–Trinajstić information content (AvgIpc) is 3.26. The summed E-state index contributed by atoms with van der Waals surface area (Å²) in [7, 11) is 2.00. The highest BCUT2D eigenvalue weighted by Gasteiger charge is 2.48. The molecule has 1 saturated carbocycles. The predicted molar refractivity (Wildman–Crippen MR) is 99.4 cm³/mol. The molecule has 25 heavy (non-hydrogen) atoms. The molecule has 0 N–H and O–H groups in total. The van der Waals surface area contributed by atoms with E-state index in [4.69, 9.17) is 4.74 Å². The van der Waals surface area contributed by atoms with Gasteiger partial charge < -0.3 is 4.74 Å². The third kappa shape index (κ3) is 3.93. The summed E-state index contributed by atoms with van der Waals surface area (Å²) in [6, 6.07) is 0.658. The van der Waals surface area contributed by atoms with Crippen LogP contribution in [0.3, 0.4) is 0 Å². The first-order valence-electron chi connectivity index (χ1n) is 10.2. The maximum absolute atomic E-state index is 5.82. The second-order valence-electron chi connectivity index (χ2n) is 8.47. The zero-order chi connectivity index (χ0) is 17.3. The zero-order valence-corrected chi connectivity index (χ0v) is 16.0.